The summed E-state index contributed by atoms with van der Waals surface area (Å²) < 4.78 is 5.71. The number of hydrogen-bond donors (Lipinski definition) is 1. The fraction of sp³-hybridized carbons (Fsp3) is 0.440. The number of nitrogens with one attached hydrogen (secondary N) is 1. The molecule has 5 nitrogen and oxygen atoms in total. The van der Waals surface area contributed by atoms with Crippen LogP contribution in [0.15, 0.2) is 48.5 Å². The molecule has 2 aromatic rings. The number of benzene rings is 2. The second-order valence-electron chi connectivity index (χ2n) is 7.85. The lowest BCUT2D eigenvalue weighted by molar-refractivity contribution is -0.143. The molecule has 2 rings (SSSR count). The smallest absolute Gasteiger partial charge is 0.261 e. The molecule has 0 saturated carbocycles. The van der Waals surface area contributed by atoms with Gasteiger partial charge in [0.2, 0.25) is 5.91 Å². The van der Waals surface area contributed by atoms with E-state index in [0.717, 1.165) is 23.1 Å². The lowest BCUT2D eigenvalue weighted by Crippen LogP contribution is -2.51. The Morgan fingerprint density at radius 1 is 0.933 bits per heavy atom. The molecule has 0 aromatic heterocycles. The van der Waals surface area contributed by atoms with Crippen LogP contribution in [0.3, 0.4) is 0 Å². The fourth-order valence-corrected chi connectivity index (χ4v) is 3.11. The number of nitrogens with zero attached hydrogens (tertiary/aromatic N) is 1. The number of ether oxygens (including phenoxy) is 1. The van der Waals surface area contributed by atoms with E-state index < -0.39 is 6.04 Å². The van der Waals surface area contributed by atoms with Crippen molar-refractivity contribution in [2.24, 2.45) is 0 Å². The third kappa shape index (κ3) is 6.90. The van der Waals surface area contributed by atoms with E-state index >= 15 is 0 Å². The molecule has 2 aromatic carbocycles. The highest BCUT2D eigenvalue weighted by atomic mass is 16.5. The summed E-state index contributed by atoms with van der Waals surface area (Å²) >= 11 is 0. The van der Waals surface area contributed by atoms with Gasteiger partial charge >= 0.3 is 0 Å². The average Bonchev–Trinajstić information content (AvgIpc) is 2.74. The molecular weight excluding hydrogens is 376 g/mol. The summed E-state index contributed by atoms with van der Waals surface area (Å²) in [5.41, 5.74) is 3.27. The molecule has 0 aliphatic heterocycles. The van der Waals surface area contributed by atoms with E-state index in [1.54, 1.807) is 4.90 Å². The first-order chi connectivity index (χ1) is 14.3. The van der Waals surface area contributed by atoms with E-state index in [2.05, 4.69) is 5.32 Å². The third-order valence-corrected chi connectivity index (χ3v) is 5.24. The van der Waals surface area contributed by atoms with Gasteiger partial charge in [0.15, 0.2) is 6.61 Å². The first-order valence-corrected chi connectivity index (χ1v) is 10.7. The average molecular weight is 411 g/mol. The van der Waals surface area contributed by atoms with Crippen molar-refractivity contribution in [1.29, 1.82) is 0 Å². The Balaban J connectivity index is 2.19. The van der Waals surface area contributed by atoms with Crippen LogP contribution < -0.4 is 10.1 Å². The molecule has 0 aliphatic carbocycles. The van der Waals surface area contributed by atoms with Crippen LogP contribution in [0.5, 0.6) is 5.75 Å². The van der Waals surface area contributed by atoms with Crippen molar-refractivity contribution in [2.45, 2.75) is 66.1 Å². The topological polar surface area (TPSA) is 58.6 Å². The van der Waals surface area contributed by atoms with Gasteiger partial charge in [-0.1, -0.05) is 61.4 Å². The Morgan fingerprint density at radius 2 is 1.50 bits per heavy atom. The predicted molar refractivity (Wildman–Crippen MR) is 120 cm³/mol. The van der Waals surface area contributed by atoms with Crippen LogP contribution in [0.1, 0.15) is 50.3 Å². The van der Waals surface area contributed by atoms with Gasteiger partial charge in [-0.15, -0.1) is 0 Å². The zero-order valence-corrected chi connectivity index (χ0v) is 18.8. The monoisotopic (exact) mass is 410 g/mol. The highest BCUT2D eigenvalue weighted by Crippen LogP contribution is 2.16. The maximum Gasteiger partial charge on any atom is 0.261 e. The maximum absolute atomic E-state index is 13.1. The lowest BCUT2D eigenvalue weighted by atomic mass is 10.1. The Hall–Kier alpha value is -2.82. The zero-order chi connectivity index (χ0) is 22.1. The van der Waals surface area contributed by atoms with E-state index in [1.807, 2.05) is 83.1 Å². The number of carbonyl (C=O) groups excluding carboxylic acids is 2. The minimum absolute atomic E-state index is 0.0617. The van der Waals surface area contributed by atoms with E-state index in [0.29, 0.717) is 18.7 Å². The lowest BCUT2D eigenvalue weighted by Gasteiger charge is -2.31. The Labute approximate surface area is 180 Å². The van der Waals surface area contributed by atoms with Gasteiger partial charge in [0, 0.05) is 12.6 Å². The first-order valence-electron chi connectivity index (χ1n) is 10.7. The molecule has 0 aliphatic rings. The van der Waals surface area contributed by atoms with Gasteiger partial charge in [-0.2, -0.15) is 0 Å². The van der Waals surface area contributed by atoms with Crippen molar-refractivity contribution >= 4 is 11.8 Å². The van der Waals surface area contributed by atoms with Gasteiger partial charge in [-0.3, -0.25) is 9.59 Å². The van der Waals surface area contributed by atoms with Gasteiger partial charge in [0.25, 0.3) is 5.91 Å². The first kappa shape index (κ1) is 23.5. The molecule has 162 valence electrons. The molecule has 0 saturated heterocycles. The molecule has 0 radical (unpaired) electrons. The van der Waals surface area contributed by atoms with Crippen LogP contribution in [0.2, 0.25) is 0 Å². The normalized spacial score (nSPS) is 12.7. The minimum Gasteiger partial charge on any atom is -0.484 e. The number of hydrogen-bond acceptors (Lipinski definition) is 3. The second kappa shape index (κ2) is 11.4. The van der Waals surface area contributed by atoms with Gasteiger partial charge < -0.3 is 15.0 Å². The summed E-state index contributed by atoms with van der Waals surface area (Å²) in [6.45, 7) is 10.2. The number of rotatable bonds is 10. The highest BCUT2D eigenvalue weighted by molar-refractivity contribution is 5.88. The van der Waals surface area contributed by atoms with Gasteiger partial charge in [-0.05, 0) is 51.3 Å². The van der Waals surface area contributed by atoms with Crippen molar-refractivity contribution in [2.75, 3.05) is 6.61 Å². The maximum atomic E-state index is 13.1. The molecule has 30 heavy (non-hydrogen) atoms. The van der Waals surface area contributed by atoms with Crippen LogP contribution >= 0.6 is 0 Å². The molecule has 5 heteroatoms. The van der Waals surface area contributed by atoms with Crippen LogP contribution in [-0.4, -0.2) is 35.4 Å². The molecule has 2 amide bonds. The van der Waals surface area contributed by atoms with Crippen molar-refractivity contribution in [3.05, 3.63) is 65.2 Å². The van der Waals surface area contributed by atoms with Crippen molar-refractivity contribution in [3.8, 4) is 5.75 Å². The minimum atomic E-state index is -0.547. The van der Waals surface area contributed by atoms with Crippen LogP contribution in [-0.2, 0) is 16.1 Å². The van der Waals surface area contributed by atoms with E-state index in [-0.39, 0.29) is 24.5 Å². The largest absolute Gasteiger partial charge is 0.484 e. The standard InChI is InChI=1S/C25H34N2O3/c1-6-20(5)26-25(29)23(7-2)27(16-21-12-8-18(3)9-13-21)24(28)17-30-22-14-10-19(4)11-15-22/h8-15,20,23H,6-7,16-17H2,1-5H3,(H,26,29)/t20-,23-/m1/s1. The molecule has 0 bridgehead atoms. The van der Waals surface area contributed by atoms with Crippen molar-refractivity contribution in [1.82, 2.24) is 10.2 Å². The zero-order valence-electron chi connectivity index (χ0n) is 18.8. The Kier molecular flexibility index (Phi) is 8.90. The number of aryl methyl sites for hydroxylation is 2. The molecule has 0 unspecified atom stereocenters. The quantitative estimate of drug-likeness (QED) is 0.631. The molecule has 0 spiro atoms. The summed E-state index contributed by atoms with van der Waals surface area (Å²) in [5, 5.41) is 3.02. The second-order valence-corrected chi connectivity index (χ2v) is 7.85. The summed E-state index contributed by atoms with van der Waals surface area (Å²) in [6.07, 6.45) is 1.37. The molecule has 2 atom stereocenters. The van der Waals surface area contributed by atoms with E-state index in [4.69, 9.17) is 4.74 Å². The number of amides is 2. The highest BCUT2D eigenvalue weighted by Gasteiger charge is 2.29. The van der Waals surface area contributed by atoms with Gasteiger partial charge in [0.1, 0.15) is 11.8 Å². The van der Waals surface area contributed by atoms with Crippen molar-refractivity contribution < 1.29 is 14.3 Å². The van der Waals surface area contributed by atoms with E-state index in [1.165, 1.54) is 0 Å². The number of carbonyl (C=O) groups is 2. The summed E-state index contributed by atoms with van der Waals surface area (Å²) in [6, 6.07) is 15.1. The third-order valence-electron chi connectivity index (χ3n) is 5.24. The summed E-state index contributed by atoms with van der Waals surface area (Å²) in [5.74, 6) is 0.311. The fourth-order valence-electron chi connectivity index (χ4n) is 3.11. The molecule has 0 heterocycles. The van der Waals surface area contributed by atoms with Crippen molar-refractivity contribution in [3.63, 3.8) is 0 Å². The Bertz CT molecular complexity index is 815. The summed E-state index contributed by atoms with van der Waals surface area (Å²) in [7, 11) is 0. The van der Waals surface area contributed by atoms with Crippen LogP contribution in [0, 0.1) is 13.8 Å². The van der Waals surface area contributed by atoms with E-state index in [9.17, 15) is 9.59 Å². The predicted octanol–water partition coefficient (Wildman–Crippen LogP) is 4.40. The van der Waals surface area contributed by atoms with Gasteiger partial charge in [-0.25, -0.2) is 0 Å². The van der Waals surface area contributed by atoms with Crippen LogP contribution in [0.4, 0.5) is 0 Å². The van der Waals surface area contributed by atoms with Gasteiger partial charge in [0.05, 0.1) is 0 Å². The SMILES string of the molecule is CC[C@@H](C)NC(=O)[C@@H](CC)N(Cc1ccc(C)cc1)C(=O)COc1ccc(C)cc1. The molecule has 0 fully saturated rings. The Morgan fingerprint density at radius 3 is 2.03 bits per heavy atom. The molecular formula is C25H34N2O3. The summed E-state index contributed by atoms with van der Waals surface area (Å²) in [4.78, 5) is 27.7. The van der Waals surface area contributed by atoms with Crippen LogP contribution in [0.25, 0.3) is 0 Å². The molecule has 1 N–H and O–H groups in total.